The molecule has 0 fully saturated rings. The molecule has 3 rings (SSSR count). The van der Waals surface area contributed by atoms with E-state index in [1.807, 2.05) is 0 Å². The Labute approximate surface area is 161 Å². The molecule has 4 N–H and O–H groups in total. The molecular weight excluding hydrogens is 408 g/mol. The minimum Gasteiger partial charge on any atom is -0.386 e. The number of benzene rings is 2. The fourth-order valence-corrected chi connectivity index (χ4v) is 4.48. The van der Waals surface area contributed by atoms with Crippen molar-refractivity contribution in [1.82, 2.24) is 10.0 Å². The van der Waals surface area contributed by atoms with E-state index in [9.17, 15) is 26.4 Å². The molecule has 2 aromatic rings. The van der Waals surface area contributed by atoms with Crippen LogP contribution in [0.15, 0.2) is 46.2 Å². The fourth-order valence-electron chi connectivity index (χ4n) is 2.63. The maximum Gasteiger partial charge on any atom is 0.261 e. The first-order chi connectivity index (χ1) is 13.1. The van der Waals surface area contributed by atoms with Crippen LogP contribution in [0.4, 0.5) is 11.4 Å². The average Bonchev–Trinajstić information content (AvgIpc) is 2.95. The number of imide groups is 1. The second-order valence-electron chi connectivity index (χ2n) is 5.76. The molecule has 1 aliphatic heterocycles. The Bertz CT molecular complexity index is 1210. The van der Waals surface area contributed by atoms with E-state index < -0.39 is 31.9 Å². The summed E-state index contributed by atoms with van der Waals surface area (Å²) in [4.78, 5) is 23.0. The molecule has 0 atom stereocenters. The Balaban J connectivity index is 2.04. The van der Waals surface area contributed by atoms with Crippen molar-refractivity contribution in [3.63, 3.8) is 0 Å². The Morgan fingerprint density at radius 1 is 0.750 bits per heavy atom. The molecule has 0 spiro atoms. The van der Waals surface area contributed by atoms with Crippen LogP contribution in [0.3, 0.4) is 0 Å². The number of hydrogen-bond donors (Lipinski definition) is 4. The molecule has 0 bridgehead atoms. The summed E-state index contributed by atoms with van der Waals surface area (Å²) in [5, 5.41) is 4.85. The number of carbonyl (C=O) groups is 2. The third kappa shape index (κ3) is 3.44. The molecule has 0 saturated carbocycles. The van der Waals surface area contributed by atoms with Gasteiger partial charge in [0.2, 0.25) is 10.0 Å². The molecule has 0 aromatic heterocycles. The van der Waals surface area contributed by atoms with Crippen molar-refractivity contribution < 1.29 is 26.4 Å². The second-order valence-corrected chi connectivity index (χ2v) is 9.33. The summed E-state index contributed by atoms with van der Waals surface area (Å²) >= 11 is 0. The number of amides is 2. The van der Waals surface area contributed by atoms with E-state index in [-0.39, 0.29) is 26.6 Å². The number of anilines is 2. The van der Waals surface area contributed by atoms with Gasteiger partial charge in [-0.15, -0.1) is 0 Å². The van der Waals surface area contributed by atoms with E-state index in [0.717, 1.165) is 6.07 Å². The summed E-state index contributed by atoms with van der Waals surface area (Å²) in [6.07, 6.45) is 0. The SMILES string of the molecule is CNc1ccc(S(=O)(=O)NC)cc1NS(=O)(=O)c1ccc2c(c1)C(=O)NC2=O. The Kier molecular flexibility index (Phi) is 4.87. The molecule has 1 aliphatic rings. The largest absolute Gasteiger partial charge is 0.386 e. The van der Waals surface area contributed by atoms with Gasteiger partial charge in [-0.3, -0.25) is 19.6 Å². The van der Waals surface area contributed by atoms with Crippen LogP contribution in [-0.4, -0.2) is 42.7 Å². The molecule has 1 heterocycles. The molecule has 0 aliphatic carbocycles. The van der Waals surface area contributed by atoms with Crippen molar-refractivity contribution in [2.24, 2.45) is 0 Å². The zero-order chi connectivity index (χ0) is 20.7. The van der Waals surface area contributed by atoms with Crippen molar-refractivity contribution in [3.8, 4) is 0 Å². The lowest BCUT2D eigenvalue weighted by Crippen LogP contribution is -2.20. The van der Waals surface area contributed by atoms with Gasteiger partial charge in [0.05, 0.1) is 32.3 Å². The van der Waals surface area contributed by atoms with Gasteiger partial charge in [0, 0.05) is 7.05 Å². The molecule has 0 radical (unpaired) electrons. The lowest BCUT2D eigenvalue weighted by Gasteiger charge is -2.14. The molecule has 2 amide bonds. The average molecular weight is 424 g/mol. The van der Waals surface area contributed by atoms with Crippen molar-refractivity contribution >= 4 is 43.2 Å². The van der Waals surface area contributed by atoms with Crippen LogP contribution in [0.25, 0.3) is 0 Å². The van der Waals surface area contributed by atoms with Crippen molar-refractivity contribution in [3.05, 3.63) is 47.5 Å². The Morgan fingerprint density at radius 3 is 2.00 bits per heavy atom. The number of carbonyl (C=O) groups excluding carboxylic acids is 2. The third-order valence-corrected chi connectivity index (χ3v) is 6.88. The van der Waals surface area contributed by atoms with Gasteiger partial charge in [0.1, 0.15) is 0 Å². The molecule has 2 aromatic carbocycles. The smallest absolute Gasteiger partial charge is 0.261 e. The van der Waals surface area contributed by atoms with Gasteiger partial charge in [-0.1, -0.05) is 0 Å². The lowest BCUT2D eigenvalue weighted by molar-refractivity contribution is 0.0879. The summed E-state index contributed by atoms with van der Waals surface area (Å²) in [6, 6.07) is 7.42. The molecule has 28 heavy (non-hydrogen) atoms. The van der Waals surface area contributed by atoms with Gasteiger partial charge in [-0.05, 0) is 43.4 Å². The van der Waals surface area contributed by atoms with Gasteiger partial charge in [-0.2, -0.15) is 0 Å². The zero-order valence-electron chi connectivity index (χ0n) is 14.7. The zero-order valence-corrected chi connectivity index (χ0v) is 16.4. The van der Waals surface area contributed by atoms with Gasteiger partial charge >= 0.3 is 0 Å². The van der Waals surface area contributed by atoms with E-state index >= 15 is 0 Å². The molecule has 148 valence electrons. The number of rotatable bonds is 6. The molecule has 0 unspecified atom stereocenters. The van der Waals surface area contributed by atoms with Crippen molar-refractivity contribution in [1.29, 1.82) is 0 Å². The van der Waals surface area contributed by atoms with Gasteiger partial charge in [0.25, 0.3) is 21.8 Å². The second kappa shape index (κ2) is 6.89. The highest BCUT2D eigenvalue weighted by molar-refractivity contribution is 7.92. The van der Waals surface area contributed by atoms with Crippen LogP contribution in [0.5, 0.6) is 0 Å². The first-order valence-corrected chi connectivity index (χ1v) is 10.8. The van der Waals surface area contributed by atoms with Crippen LogP contribution in [0.2, 0.25) is 0 Å². The van der Waals surface area contributed by atoms with E-state index in [1.165, 1.54) is 37.4 Å². The van der Waals surface area contributed by atoms with Crippen LogP contribution >= 0.6 is 0 Å². The Morgan fingerprint density at radius 2 is 1.36 bits per heavy atom. The Hall–Kier alpha value is -2.96. The van der Waals surface area contributed by atoms with Gasteiger partial charge in [-0.25, -0.2) is 21.6 Å². The molecular formula is C16H16N4O6S2. The van der Waals surface area contributed by atoms with Crippen molar-refractivity contribution in [2.75, 3.05) is 24.1 Å². The summed E-state index contributed by atoms with van der Waals surface area (Å²) in [5.74, 6) is -1.28. The highest BCUT2D eigenvalue weighted by atomic mass is 32.2. The maximum absolute atomic E-state index is 12.8. The topological polar surface area (TPSA) is 151 Å². The summed E-state index contributed by atoms with van der Waals surface area (Å²) < 4.78 is 54.0. The van der Waals surface area contributed by atoms with E-state index in [2.05, 4.69) is 20.1 Å². The van der Waals surface area contributed by atoms with Crippen LogP contribution in [-0.2, 0) is 20.0 Å². The predicted molar refractivity (Wildman–Crippen MR) is 101 cm³/mol. The standard InChI is InChI=1S/C16H16N4O6S2/c1-17-13-6-4-10(27(23,24)18-2)8-14(13)20-28(25,26)9-3-5-11-12(7-9)16(22)19-15(11)21/h3-8,17-18,20H,1-2H3,(H,19,21,22). The van der Waals surface area contributed by atoms with E-state index in [1.54, 1.807) is 7.05 Å². The first kappa shape index (κ1) is 19.8. The first-order valence-electron chi connectivity index (χ1n) is 7.87. The summed E-state index contributed by atoms with van der Waals surface area (Å²) in [7, 11) is -5.18. The monoisotopic (exact) mass is 424 g/mol. The van der Waals surface area contributed by atoms with E-state index in [4.69, 9.17) is 0 Å². The number of nitrogens with one attached hydrogen (secondary N) is 4. The lowest BCUT2D eigenvalue weighted by atomic mass is 10.1. The number of sulfonamides is 2. The van der Waals surface area contributed by atoms with Gasteiger partial charge in [0.15, 0.2) is 0 Å². The summed E-state index contributed by atoms with van der Waals surface area (Å²) in [6.45, 7) is 0. The van der Waals surface area contributed by atoms with Crippen LogP contribution in [0, 0.1) is 0 Å². The quantitative estimate of drug-likeness (QED) is 0.488. The minimum atomic E-state index is -4.17. The van der Waals surface area contributed by atoms with Crippen molar-refractivity contribution in [2.45, 2.75) is 9.79 Å². The van der Waals surface area contributed by atoms with Gasteiger partial charge < -0.3 is 5.32 Å². The summed E-state index contributed by atoms with van der Waals surface area (Å²) in [5.41, 5.74) is 0.378. The molecule has 0 saturated heterocycles. The van der Waals surface area contributed by atoms with E-state index in [0.29, 0.717) is 5.69 Å². The normalized spacial score (nSPS) is 13.8. The van der Waals surface area contributed by atoms with Crippen LogP contribution < -0.4 is 20.1 Å². The third-order valence-electron chi connectivity index (χ3n) is 4.10. The predicted octanol–water partition coefficient (Wildman–Crippen LogP) is 0.321. The molecule has 12 heteroatoms. The highest BCUT2D eigenvalue weighted by Crippen LogP contribution is 2.28. The minimum absolute atomic E-state index is 0.000138. The number of fused-ring (bicyclic) bond motifs is 1. The molecule has 10 nitrogen and oxygen atoms in total. The maximum atomic E-state index is 12.8. The fraction of sp³-hybridized carbons (Fsp3) is 0.125. The van der Waals surface area contributed by atoms with Crippen LogP contribution in [0.1, 0.15) is 20.7 Å². The number of hydrogen-bond acceptors (Lipinski definition) is 7. The highest BCUT2D eigenvalue weighted by Gasteiger charge is 2.29.